The van der Waals surface area contributed by atoms with Gasteiger partial charge in [0.1, 0.15) is 0 Å². The Morgan fingerprint density at radius 2 is 1.86 bits per heavy atom. The van der Waals surface area contributed by atoms with Crippen LogP contribution < -0.4 is 5.73 Å². The first-order valence-electron chi connectivity index (χ1n) is 6.61. The van der Waals surface area contributed by atoms with Gasteiger partial charge in [0.2, 0.25) is 0 Å². The summed E-state index contributed by atoms with van der Waals surface area (Å²) >= 11 is 13.3. The zero-order valence-electron chi connectivity index (χ0n) is 11.7. The third-order valence-electron chi connectivity index (χ3n) is 3.46. The maximum atomic E-state index is 6.24. The van der Waals surface area contributed by atoms with E-state index in [2.05, 4.69) is 55.9 Å². The molecule has 5 heteroatoms. The van der Waals surface area contributed by atoms with Crippen LogP contribution in [0.1, 0.15) is 17.2 Å². The fraction of sp³-hybridized carbons (Fsp3) is 0.250. The first-order chi connectivity index (χ1) is 10.0. The number of nitrogens with zero attached hydrogens (tertiary/aromatic N) is 1. The second kappa shape index (κ2) is 7.75. The van der Waals surface area contributed by atoms with Gasteiger partial charge in [0.05, 0.1) is 0 Å². The minimum Gasteiger partial charge on any atom is -0.329 e. The normalized spacial score (nSPS) is 12.7. The van der Waals surface area contributed by atoms with E-state index in [4.69, 9.17) is 17.3 Å². The molecule has 0 aliphatic heterocycles. The van der Waals surface area contributed by atoms with Crippen LogP contribution in [-0.2, 0) is 6.54 Å². The molecule has 0 bridgehead atoms. The van der Waals surface area contributed by atoms with Crippen LogP contribution in [0.4, 0.5) is 0 Å². The van der Waals surface area contributed by atoms with Crippen molar-refractivity contribution in [2.45, 2.75) is 12.6 Å². The summed E-state index contributed by atoms with van der Waals surface area (Å²) in [6, 6.07) is 14.3. The first kappa shape index (κ1) is 17.0. The summed E-state index contributed by atoms with van der Waals surface area (Å²) in [5.74, 6) is 0. The molecule has 0 saturated carbocycles. The van der Waals surface area contributed by atoms with Crippen LogP contribution in [-0.4, -0.2) is 18.5 Å². The molecule has 2 aromatic carbocycles. The predicted octanol–water partition coefficient (Wildman–Crippen LogP) is 5.00. The Bertz CT molecular complexity index is 619. The van der Waals surface area contributed by atoms with Crippen LogP contribution in [0.5, 0.6) is 0 Å². The Morgan fingerprint density at radius 3 is 2.48 bits per heavy atom. The highest BCUT2D eigenvalue weighted by Gasteiger charge is 2.17. The first-order valence-corrected chi connectivity index (χ1v) is 8.58. The molecule has 0 aliphatic rings. The van der Waals surface area contributed by atoms with E-state index in [1.165, 1.54) is 5.56 Å². The molecular formula is C16H17Br2ClN2. The Morgan fingerprint density at radius 1 is 1.14 bits per heavy atom. The summed E-state index contributed by atoms with van der Waals surface area (Å²) in [6.07, 6.45) is 0. The average Bonchev–Trinajstić information content (AvgIpc) is 2.46. The fourth-order valence-corrected chi connectivity index (χ4v) is 3.13. The van der Waals surface area contributed by atoms with Gasteiger partial charge in [-0.1, -0.05) is 35.9 Å². The highest BCUT2D eigenvalue weighted by atomic mass is 79.9. The summed E-state index contributed by atoms with van der Waals surface area (Å²) in [6.45, 7) is 1.31. The van der Waals surface area contributed by atoms with Gasteiger partial charge in [-0.15, -0.1) is 0 Å². The highest BCUT2D eigenvalue weighted by Crippen LogP contribution is 2.29. The van der Waals surface area contributed by atoms with Crippen molar-refractivity contribution < 1.29 is 0 Å². The van der Waals surface area contributed by atoms with Gasteiger partial charge in [0.15, 0.2) is 0 Å². The quantitative estimate of drug-likeness (QED) is 0.721. The van der Waals surface area contributed by atoms with Crippen LogP contribution in [0.15, 0.2) is 51.4 Å². The molecule has 2 aromatic rings. The third-order valence-corrected chi connectivity index (χ3v) is 5.71. The van der Waals surface area contributed by atoms with E-state index < -0.39 is 0 Å². The summed E-state index contributed by atoms with van der Waals surface area (Å²) in [4.78, 5) is 2.22. The Hall–Kier alpha value is -0.390. The lowest BCUT2D eigenvalue weighted by Gasteiger charge is -2.28. The molecule has 0 radical (unpaired) electrons. The van der Waals surface area contributed by atoms with Gasteiger partial charge in [-0.05, 0) is 68.2 Å². The van der Waals surface area contributed by atoms with E-state index in [1.807, 2.05) is 30.3 Å². The molecule has 21 heavy (non-hydrogen) atoms. The predicted molar refractivity (Wildman–Crippen MR) is 96.6 cm³/mol. The van der Waals surface area contributed by atoms with E-state index in [-0.39, 0.29) is 6.04 Å². The minimum absolute atomic E-state index is 0.144. The van der Waals surface area contributed by atoms with E-state index >= 15 is 0 Å². The largest absolute Gasteiger partial charge is 0.329 e. The van der Waals surface area contributed by atoms with Gasteiger partial charge in [0, 0.05) is 33.1 Å². The van der Waals surface area contributed by atoms with E-state index in [0.29, 0.717) is 6.54 Å². The molecule has 0 spiro atoms. The zero-order chi connectivity index (χ0) is 15.4. The number of halogens is 3. The second-order valence-electron chi connectivity index (χ2n) is 4.93. The van der Waals surface area contributed by atoms with Crippen LogP contribution in [0.3, 0.4) is 0 Å². The molecule has 0 fully saturated rings. The number of rotatable bonds is 5. The van der Waals surface area contributed by atoms with Crippen LogP contribution in [0.25, 0.3) is 0 Å². The number of nitrogens with two attached hydrogens (primary N) is 1. The van der Waals surface area contributed by atoms with Crippen molar-refractivity contribution in [1.29, 1.82) is 0 Å². The molecule has 2 rings (SSSR count). The summed E-state index contributed by atoms with van der Waals surface area (Å²) in [5, 5.41) is 0.789. The van der Waals surface area contributed by atoms with E-state index in [9.17, 15) is 0 Å². The zero-order valence-corrected chi connectivity index (χ0v) is 15.6. The molecule has 2 nitrogen and oxygen atoms in total. The monoisotopic (exact) mass is 430 g/mol. The molecule has 1 atom stereocenters. The van der Waals surface area contributed by atoms with Gasteiger partial charge in [-0.25, -0.2) is 0 Å². The molecule has 0 aromatic heterocycles. The van der Waals surface area contributed by atoms with Crippen molar-refractivity contribution >= 4 is 43.5 Å². The summed E-state index contributed by atoms with van der Waals surface area (Å²) < 4.78 is 2.07. The van der Waals surface area contributed by atoms with Crippen LogP contribution in [0.2, 0.25) is 5.02 Å². The molecule has 0 saturated heterocycles. The number of hydrogen-bond acceptors (Lipinski definition) is 2. The van der Waals surface area contributed by atoms with Crippen molar-refractivity contribution in [3.63, 3.8) is 0 Å². The second-order valence-corrected chi connectivity index (χ2v) is 7.05. The van der Waals surface area contributed by atoms with Crippen molar-refractivity contribution in [3.05, 3.63) is 67.6 Å². The van der Waals surface area contributed by atoms with Gasteiger partial charge in [-0.3, -0.25) is 4.90 Å². The van der Waals surface area contributed by atoms with Crippen molar-refractivity contribution in [2.75, 3.05) is 13.6 Å². The highest BCUT2D eigenvalue weighted by molar-refractivity contribution is 9.13. The van der Waals surface area contributed by atoms with Crippen LogP contribution >= 0.6 is 43.5 Å². The molecule has 1 unspecified atom stereocenters. The Labute approximate surface area is 147 Å². The third kappa shape index (κ3) is 4.30. The Balaban J connectivity index is 2.20. The summed E-state index contributed by atoms with van der Waals surface area (Å²) in [7, 11) is 2.07. The lowest BCUT2D eigenvalue weighted by Crippen LogP contribution is -2.30. The van der Waals surface area contributed by atoms with Gasteiger partial charge in [0.25, 0.3) is 0 Å². The van der Waals surface area contributed by atoms with Gasteiger partial charge < -0.3 is 5.73 Å². The van der Waals surface area contributed by atoms with Crippen molar-refractivity contribution in [1.82, 2.24) is 4.90 Å². The van der Waals surface area contributed by atoms with Gasteiger partial charge in [-0.2, -0.15) is 0 Å². The SMILES string of the molecule is CN(Cc1ccccc1Cl)C(CN)c1ccc(Br)c(Br)c1. The van der Waals surface area contributed by atoms with Gasteiger partial charge >= 0.3 is 0 Å². The van der Waals surface area contributed by atoms with E-state index in [1.54, 1.807) is 0 Å². The maximum Gasteiger partial charge on any atom is 0.0471 e. The number of benzene rings is 2. The minimum atomic E-state index is 0.144. The average molecular weight is 433 g/mol. The lowest BCUT2D eigenvalue weighted by molar-refractivity contribution is 0.242. The van der Waals surface area contributed by atoms with Crippen molar-refractivity contribution in [2.24, 2.45) is 5.73 Å². The maximum absolute atomic E-state index is 6.24. The molecule has 112 valence electrons. The Kier molecular flexibility index (Phi) is 6.26. The van der Waals surface area contributed by atoms with E-state index in [0.717, 1.165) is 26.1 Å². The molecule has 0 aliphatic carbocycles. The number of likely N-dealkylation sites (N-methyl/N-ethyl adjacent to an activating group) is 1. The number of hydrogen-bond donors (Lipinski definition) is 1. The molecule has 0 heterocycles. The lowest BCUT2D eigenvalue weighted by atomic mass is 10.1. The molecule has 0 amide bonds. The topological polar surface area (TPSA) is 29.3 Å². The fourth-order valence-electron chi connectivity index (χ4n) is 2.30. The van der Waals surface area contributed by atoms with Crippen molar-refractivity contribution in [3.8, 4) is 0 Å². The molecule has 2 N–H and O–H groups in total. The summed E-state index contributed by atoms with van der Waals surface area (Å²) in [5.41, 5.74) is 8.27. The van der Waals surface area contributed by atoms with Crippen LogP contribution in [0, 0.1) is 0 Å². The standard InChI is InChI=1S/C16H17Br2ClN2/c1-21(10-12-4-2-3-5-15(12)19)16(9-20)11-6-7-13(17)14(18)8-11/h2-8,16H,9-10,20H2,1H3. The molecular weight excluding hydrogens is 415 g/mol. The smallest absolute Gasteiger partial charge is 0.0471 e.